The molecule has 1 aliphatic rings. The van der Waals surface area contributed by atoms with Crippen molar-refractivity contribution in [2.75, 3.05) is 19.6 Å². The molecule has 0 bridgehead atoms. The van der Waals surface area contributed by atoms with Gasteiger partial charge in [-0.25, -0.2) is 0 Å². The summed E-state index contributed by atoms with van der Waals surface area (Å²) in [5, 5.41) is 3.69. The van der Waals surface area contributed by atoms with Crippen LogP contribution in [0.2, 0.25) is 0 Å². The van der Waals surface area contributed by atoms with Gasteiger partial charge in [-0.1, -0.05) is 40.0 Å². The monoisotopic (exact) mass is 268 g/mol. The summed E-state index contributed by atoms with van der Waals surface area (Å²) in [5.74, 6) is 0. The molecule has 2 nitrogen and oxygen atoms in total. The van der Waals surface area contributed by atoms with Crippen LogP contribution in [0.1, 0.15) is 73.1 Å². The lowest BCUT2D eigenvalue weighted by atomic mass is 9.74. The first-order valence-electron chi connectivity index (χ1n) is 8.54. The van der Waals surface area contributed by atoms with Gasteiger partial charge in [0.05, 0.1) is 0 Å². The minimum Gasteiger partial charge on any atom is -0.313 e. The highest BCUT2D eigenvalue weighted by molar-refractivity contribution is 4.86. The highest BCUT2D eigenvalue weighted by Gasteiger charge is 2.32. The summed E-state index contributed by atoms with van der Waals surface area (Å²) in [7, 11) is 0. The second-order valence-corrected chi connectivity index (χ2v) is 6.69. The number of nitrogens with one attached hydrogen (secondary N) is 1. The van der Waals surface area contributed by atoms with Crippen molar-refractivity contribution in [2.24, 2.45) is 5.41 Å². The minimum atomic E-state index is 0.652. The van der Waals surface area contributed by atoms with Crippen LogP contribution in [0, 0.1) is 5.41 Å². The van der Waals surface area contributed by atoms with Crippen LogP contribution in [0.5, 0.6) is 0 Å². The van der Waals surface area contributed by atoms with E-state index < -0.39 is 0 Å². The molecule has 0 aliphatic carbocycles. The van der Waals surface area contributed by atoms with Crippen molar-refractivity contribution in [3.63, 3.8) is 0 Å². The number of piperidine rings is 1. The zero-order valence-electron chi connectivity index (χ0n) is 14.0. The third-order valence-corrected chi connectivity index (χ3v) is 5.47. The summed E-state index contributed by atoms with van der Waals surface area (Å²) < 4.78 is 0. The molecule has 2 unspecified atom stereocenters. The second kappa shape index (κ2) is 8.26. The van der Waals surface area contributed by atoms with E-state index in [1.807, 2.05) is 0 Å². The van der Waals surface area contributed by atoms with E-state index in [0.717, 1.165) is 6.54 Å². The smallest absolute Gasteiger partial charge is 0.0192 e. The maximum Gasteiger partial charge on any atom is 0.0192 e. The fraction of sp³-hybridized carbons (Fsp3) is 1.00. The molecule has 0 spiro atoms. The highest BCUT2D eigenvalue weighted by atomic mass is 15.2. The van der Waals surface area contributed by atoms with Gasteiger partial charge in [0.15, 0.2) is 0 Å². The molecule has 19 heavy (non-hydrogen) atoms. The molecule has 1 aliphatic heterocycles. The van der Waals surface area contributed by atoms with E-state index in [1.165, 1.54) is 51.6 Å². The molecule has 0 saturated carbocycles. The topological polar surface area (TPSA) is 15.3 Å². The van der Waals surface area contributed by atoms with Crippen molar-refractivity contribution >= 4 is 0 Å². The van der Waals surface area contributed by atoms with Gasteiger partial charge >= 0.3 is 0 Å². The van der Waals surface area contributed by atoms with E-state index in [2.05, 4.69) is 44.8 Å². The van der Waals surface area contributed by atoms with Gasteiger partial charge in [-0.05, 0) is 51.6 Å². The number of rotatable bonds is 8. The molecule has 0 aromatic carbocycles. The average molecular weight is 268 g/mol. The molecule has 0 aromatic heterocycles. The Hall–Kier alpha value is -0.0800. The Kier molecular flexibility index (Phi) is 7.38. The lowest BCUT2D eigenvalue weighted by Crippen LogP contribution is -2.48. The van der Waals surface area contributed by atoms with E-state index in [4.69, 9.17) is 0 Å². The quantitative estimate of drug-likeness (QED) is 0.714. The second-order valence-electron chi connectivity index (χ2n) is 6.69. The Morgan fingerprint density at radius 1 is 1.05 bits per heavy atom. The van der Waals surface area contributed by atoms with Crippen LogP contribution in [0.3, 0.4) is 0 Å². The van der Waals surface area contributed by atoms with Crippen LogP contribution in [0.4, 0.5) is 0 Å². The summed E-state index contributed by atoms with van der Waals surface area (Å²) in [5.41, 5.74) is 0.652. The maximum atomic E-state index is 3.69. The SMILES string of the molecule is CCCC(C)NCC(C)N1CCC(CC)(CC)CC1. The Balaban J connectivity index is 2.30. The lowest BCUT2D eigenvalue weighted by molar-refractivity contribution is 0.0701. The normalized spacial score (nSPS) is 23.2. The van der Waals surface area contributed by atoms with Crippen LogP contribution in [-0.4, -0.2) is 36.6 Å². The fourth-order valence-corrected chi connectivity index (χ4v) is 3.43. The van der Waals surface area contributed by atoms with Crippen LogP contribution in [0.15, 0.2) is 0 Å². The Morgan fingerprint density at radius 2 is 1.63 bits per heavy atom. The van der Waals surface area contributed by atoms with Crippen molar-refractivity contribution in [2.45, 2.75) is 85.2 Å². The van der Waals surface area contributed by atoms with Gasteiger partial charge in [-0.3, -0.25) is 4.90 Å². The fourth-order valence-electron chi connectivity index (χ4n) is 3.43. The van der Waals surface area contributed by atoms with E-state index in [-0.39, 0.29) is 0 Å². The summed E-state index contributed by atoms with van der Waals surface area (Å²) in [6, 6.07) is 1.36. The molecule has 2 atom stereocenters. The molecule has 0 aromatic rings. The van der Waals surface area contributed by atoms with Crippen molar-refractivity contribution in [3.8, 4) is 0 Å². The first kappa shape index (κ1) is 17.0. The molecule has 1 heterocycles. The molecule has 0 amide bonds. The van der Waals surface area contributed by atoms with Gasteiger partial charge in [0.1, 0.15) is 0 Å². The molecule has 114 valence electrons. The third-order valence-electron chi connectivity index (χ3n) is 5.47. The molecule has 1 rings (SSSR count). The summed E-state index contributed by atoms with van der Waals surface area (Å²) in [6.07, 6.45) is 8.09. The van der Waals surface area contributed by atoms with Gasteiger partial charge in [0, 0.05) is 18.6 Å². The number of nitrogens with zero attached hydrogens (tertiary/aromatic N) is 1. The zero-order chi connectivity index (χ0) is 14.3. The summed E-state index contributed by atoms with van der Waals surface area (Å²) in [4.78, 5) is 2.69. The van der Waals surface area contributed by atoms with Crippen molar-refractivity contribution in [1.29, 1.82) is 0 Å². The predicted octanol–water partition coefficient (Wildman–Crippen LogP) is 4.06. The first-order chi connectivity index (χ1) is 9.06. The molecule has 1 N–H and O–H groups in total. The zero-order valence-corrected chi connectivity index (χ0v) is 14.0. The lowest BCUT2D eigenvalue weighted by Gasteiger charge is -2.43. The highest BCUT2D eigenvalue weighted by Crippen LogP contribution is 2.38. The van der Waals surface area contributed by atoms with Gasteiger partial charge < -0.3 is 5.32 Å². The van der Waals surface area contributed by atoms with Crippen LogP contribution < -0.4 is 5.32 Å². The van der Waals surface area contributed by atoms with E-state index in [1.54, 1.807) is 0 Å². The van der Waals surface area contributed by atoms with Gasteiger partial charge in [-0.15, -0.1) is 0 Å². The van der Waals surface area contributed by atoms with E-state index >= 15 is 0 Å². The standard InChI is InChI=1S/C17H36N2/c1-6-9-15(4)18-14-16(5)19-12-10-17(7-2,8-3)11-13-19/h15-16,18H,6-14H2,1-5H3. The number of hydrogen-bond acceptors (Lipinski definition) is 2. The van der Waals surface area contributed by atoms with Gasteiger partial charge in [0.25, 0.3) is 0 Å². The Labute approximate surface area is 121 Å². The molecule has 1 fully saturated rings. The molecular weight excluding hydrogens is 232 g/mol. The van der Waals surface area contributed by atoms with Crippen molar-refractivity contribution in [3.05, 3.63) is 0 Å². The Morgan fingerprint density at radius 3 is 2.11 bits per heavy atom. The van der Waals surface area contributed by atoms with E-state index in [0.29, 0.717) is 17.5 Å². The van der Waals surface area contributed by atoms with E-state index in [9.17, 15) is 0 Å². The molecular formula is C17H36N2. The molecule has 1 saturated heterocycles. The summed E-state index contributed by atoms with van der Waals surface area (Å²) >= 11 is 0. The van der Waals surface area contributed by atoms with Gasteiger partial charge in [-0.2, -0.15) is 0 Å². The third kappa shape index (κ3) is 5.07. The molecule has 0 radical (unpaired) electrons. The summed E-state index contributed by atoms with van der Waals surface area (Å²) in [6.45, 7) is 15.4. The van der Waals surface area contributed by atoms with Crippen molar-refractivity contribution < 1.29 is 0 Å². The van der Waals surface area contributed by atoms with Crippen LogP contribution >= 0.6 is 0 Å². The maximum absolute atomic E-state index is 3.69. The first-order valence-corrected chi connectivity index (χ1v) is 8.54. The number of hydrogen-bond donors (Lipinski definition) is 1. The number of likely N-dealkylation sites (tertiary alicyclic amines) is 1. The predicted molar refractivity (Wildman–Crippen MR) is 85.7 cm³/mol. The minimum absolute atomic E-state index is 0.652. The largest absolute Gasteiger partial charge is 0.313 e. The Bertz CT molecular complexity index is 225. The van der Waals surface area contributed by atoms with Crippen LogP contribution in [-0.2, 0) is 0 Å². The average Bonchev–Trinajstić information content (AvgIpc) is 2.45. The van der Waals surface area contributed by atoms with Crippen molar-refractivity contribution in [1.82, 2.24) is 10.2 Å². The van der Waals surface area contributed by atoms with Gasteiger partial charge in [0.2, 0.25) is 0 Å². The van der Waals surface area contributed by atoms with Crippen LogP contribution in [0.25, 0.3) is 0 Å². The molecule has 2 heteroatoms.